The van der Waals surface area contributed by atoms with Crippen LogP contribution < -0.4 is 0 Å². The van der Waals surface area contributed by atoms with Gasteiger partial charge in [0.2, 0.25) is 0 Å². The molecule has 0 heterocycles. The largest absolute Gasteiger partial charge is 0.462 e. The molecule has 1 N–H and O–H groups in total. The van der Waals surface area contributed by atoms with Crippen LogP contribution in [0.3, 0.4) is 0 Å². The van der Waals surface area contributed by atoms with E-state index in [4.69, 9.17) is 4.74 Å². The van der Waals surface area contributed by atoms with Crippen LogP contribution in [0.2, 0.25) is 0 Å². The fourth-order valence-corrected chi connectivity index (χ4v) is 1.85. The third-order valence-corrected chi connectivity index (χ3v) is 2.88. The number of carbonyl (C=O) groups excluding carboxylic acids is 1. The zero-order chi connectivity index (χ0) is 13.0. The highest BCUT2D eigenvalue weighted by Crippen LogP contribution is 2.26. The van der Waals surface area contributed by atoms with Crippen LogP contribution in [0, 0.1) is 0 Å². The van der Waals surface area contributed by atoms with Gasteiger partial charge in [-0.05, 0) is 17.2 Å². The van der Waals surface area contributed by atoms with Gasteiger partial charge in [-0.2, -0.15) is 0 Å². The molecule has 18 heavy (non-hydrogen) atoms. The lowest BCUT2D eigenvalue weighted by molar-refractivity contribution is -0.146. The van der Waals surface area contributed by atoms with Gasteiger partial charge in [-0.3, -0.25) is 4.79 Å². The standard InChI is InChI=1S/C15H16O3/c1-12(16)18-11-15(17)9-7-14(8-10-15)13-5-3-2-4-6-13/h2-9,17H,10-11H2,1H3. The molecular weight excluding hydrogens is 228 g/mol. The molecule has 0 amide bonds. The molecule has 0 aromatic heterocycles. The van der Waals surface area contributed by atoms with Crippen LogP contribution in [-0.4, -0.2) is 23.3 Å². The van der Waals surface area contributed by atoms with Crippen LogP contribution >= 0.6 is 0 Å². The van der Waals surface area contributed by atoms with Crippen LogP contribution in [0.1, 0.15) is 18.9 Å². The van der Waals surface area contributed by atoms with Crippen molar-refractivity contribution in [2.75, 3.05) is 6.61 Å². The van der Waals surface area contributed by atoms with Crippen LogP contribution in [0.25, 0.3) is 5.57 Å². The molecule has 0 spiro atoms. The second-order valence-corrected chi connectivity index (χ2v) is 4.45. The van der Waals surface area contributed by atoms with Gasteiger partial charge < -0.3 is 9.84 Å². The van der Waals surface area contributed by atoms with Crippen molar-refractivity contribution < 1.29 is 14.6 Å². The van der Waals surface area contributed by atoms with Crippen LogP contribution in [0.5, 0.6) is 0 Å². The zero-order valence-electron chi connectivity index (χ0n) is 10.3. The van der Waals surface area contributed by atoms with E-state index in [1.54, 1.807) is 6.08 Å². The average molecular weight is 244 g/mol. The third kappa shape index (κ3) is 3.08. The minimum absolute atomic E-state index is 0.00258. The minimum Gasteiger partial charge on any atom is -0.462 e. The molecule has 0 saturated heterocycles. The van der Waals surface area contributed by atoms with E-state index in [1.807, 2.05) is 42.5 Å². The van der Waals surface area contributed by atoms with Crippen molar-refractivity contribution in [1.82, 2.24) is 0 Å². The fourth-order valence-electron chi connectivity index (χ4n) is 1.85. The molecule has 1 aliphatic carbocycles. The number of hydrogen-bond acceptors (Lipinski definition) is 3. The first-order valence-corrected chi connectivity index (χ1v) is 5.90. The summed E-state index contributed by atoms with van der Waals surface area (Å²) in [5.41, 5.74) is 1.11. The second kappa shape index (κ2) is 5.19. The van der Waals surface area contributed by atoms with Gasteiger partial charge in [0.15, 0.2) is 0 Å². The molecular formula is C15H16O3. The van der Waals surface area contributed by atoms with Crippen LogP contribution in [-0.2, 0) is 9.53 Å². The maximum Gasteiger partial charge on any atom is 0.302 e. The van der Waals surface area contributed by atoms with Crippen molar-refractivity contribution in [3.63, 3.8) is 0 Å². The maximum atomic E-state index is 10.7. The lowest BCUT2D eigenvalue weighted by Gasteiger charge is -2.25. The smallest absolute Gasteiger partial charge is 0.302 e. The summed E-state index contributed by atoms with van der Waals surface area (Å²) in [7, 11) is 0. The normalized spacial score (nSPS) is 22.4. The monoisotopic (exact) mass is 244 g/mol. The number of hydrogen-bond donors (Lipinski definition) is 1. The molecule has 2 rings (SSSR count). The Morgan fingerprint density at radius 3 is 2.67 bits per heavy atom. The highest BCUT2D eigenvalue weighted by molar-refractivity contribution is 5.75. The van der Waals surface area contributed by atoms with Gasteiger partial charge in [-0.15, -0.1) is 0 Å². The molecule has 1 atom stereocenters. The Kier molecular flexibility index (Phi) is 3.63. The Labute approximate surface area is 106 Å². The first-order chi connectivity index (χ1) is 8.59. The van der Waals surface area contributed by atoms with E-state index < -0.39 is 5.60 Å². The zero-order valence-corrected chi connectivity index (χ0v) is 10.3. The number of carbonyl (C=O) groups is 1. The number of aliphatic hydroxyl groups is 1. The van der Waals surface area contributed by atoms with E-state index in [9.17, 15) is 9.90 Å². The Balaban J connectivity index is 2.05. The van der Waals surface area contributed by atoms with E-state index in [-0.39, 0.29) is 12.6 Å². The van der Waals surface area contributed by atoms with Gasteiger partial charge in [-0.25, -0.2) is 0 Å². The summed E-state index contributed by atoms with van der Waals surface area (Å²) in [6, 6.07) is 9.96. The summed E-state index contributed by atoms with van der Waals surface area (Å²) in [4.78, 5) is 10.7. The number of benzene rings is 1. The first-order valence-electron chi connectivity index (χ1n) is 5.90. The second-order valence-electron chi connectivity index (χ2n) is 4.45. The van der Waals surface area contributed by atoms with Crippen molar-refractivity contribution in [1.29, 1.82) is 0 Å². The van der Waals surface area contributed by atoms with E-state index in [0.717, 1.165) is 11.1 Å². The third-order valence-electron chi connectivity index (χ3n) is 2.88. The van der Waals surface area contributed by atoms with Gasteiger partial charge in [0.05, 0.1) is 0 Å². The minimum atomic E-state index is -1.08. The Morgan fingerprint density at radius 2 is 2.11 bits per heavy atom. The van der Waals surface area contributed by atoms with Gasteiger partial charge >= 0.3 is 5.97 Å². The highest BCUT2D eigenvalue weighted by atomic mass is 16.5. The fraction of sp³-hybridized carbons (Fsp3) is 0.267. The van der Waals surface area contributed by atoms with Crippen molar-refractivity contribution >= 4 is 11.5 Å². The number of rotatable bonds is 3. The van der Waals surface area contributed by atoms with Crippen LogP contribution in [0.15, 0.2) is 48.6 Å². The summed E-state index contributed by atoms with van der Waals surface area (Å²) < 4.78 is 4.86. The van der Waals surface area contributed by atoms with Crippen molar-refractivity contribution in [2.45, 2.75) is 18.9 Å². The topological polar surface area (TPSA) is 46.5 Å². The lowest BCUT2D eigenvalue weighted by atomic mass is 9.90. The summed E-state index contributed by atoms with van der Waals surface area (Å²) in [5, 5.41) is 10.2. The average Bonchev–Trinajstić information content (AvgIpc) is 2.39. The molecule has 1 aromatic rings. The summed E-state index contributed by atoms with van der Waals surface area (Å²) in [6.07, 6.45) is 5.96. The number of esters is 1. The molecule has 94 valence electrons. The molecule has 3 nitrogen and oxygen atoms in total. The predicted octanol–water partition coefficient (Wildman–Crippen LogP) is 2.32. The van der Waals surface area contributed by atoms with Gasteiger partial charge in [0.25, 0.3) is 0 Å². The van der Waals surface area contributed by atoms with E-state index >= 15 is 0 Å². The molecule has 1 unspecified atom stereocenters. The predicted molar refractivity (Wildman–Crippen MR) is 69.8 cm³/mol. The molecule has 0 bridgehead atoms. The molecule has 0 fully saturated rings. The first kappa shape index (κ1) is 12.6. The van der Waals surface area contributed by atoms with Crippen molar-refractivity contribution in [3.8, 4) is 0 Å². The van der Waals surface area contributed by atoms with Gasteiger partial charge in [0, 0.05) is 13.3 Å². The maximum absolute atomic E-state index is 10.7. The molecule has 3 heteroatoms. The Hall–Kier alpha value is -1.87. The Bertz CT molecular complexity index is 488. The van der Waals surface area contributed by atoms with E-state index in [0.29, 0.717) is 6.42 Å². The molecule has 0 radical (unpaired) electrons. The summed E-state index contributed by atoms with van der Waals surface area (Å²) >= 11 is 0. The van der Waals surface area contributed by atoms with Crippen molar-refractivity contribution in [3.05, 3.63) is 54.1 Å². The van der Waals surface area contributed by atoms with Gasteiger partial charge in [0.1, 0.15) is 12.2 Å². The SMILES string of the molecule is CC(=O)OCC1(O)C=CC(c2ccccc2)=CC1. The van der Waals surface area contributed by atoms with Gasteiger partial charge in [-0.1, -0.05) is 42.5 Å². The summed E-state index contributed by atoms with van der Waals surface area (Å²) in [6.45, 7) is 1.33. The summed E-state index contributed by atoms with van der Waals surface area (Å²) in [5.74, 6) is -0.380. The van der Waals surface area contributed by atoms with Crippen LogP contribution in [0.4, 0.5) is 0 Å². The van der Waals surface area contributed by atoms with E-state index in [1.165, 1.54) is 6.92 Å². The van der Waals surface area contributed by atoms with E-state index in [2.05, 4.69) is 0 Å². The molecule has 0 aliphatic heterocycles. The quantitative estimate of drug-likeness (QED) is 0.830. The Morgan fingerprint density at radius 1 is 1.39 bits per heavy atom. The van der Waals surface area contributed by atoms with Crippen molar-refractivity contribution in [2.24, 2.45) is 0 Å². The lowest BCUT2D eigenvalue weighted by Crippen LogP contribution is -2.33. The number of allylic oxidation sites excluding steroid dienone is 2. The highest BCUT2D eigenvalue weighted by Gasteiger charge is 2.26. The molecule has 1 aliphatic rings. The molecule has 0 saturated carbocycles. The number of ether oxygens (including phenoxy) is 1. The molecule has 1 aromatic carbocycles.